The summed E-state index contributed by atoms with van der Waals surface area (Å²) < 4.78 is 43.6. The summed E-state index contributed by atoms with van der Waals surface area (Å²) in [6.45, 7) is 5.64. The molecule has 9 heteroatoms. The monoisotopic (exact) mass is 474 g/mol. The van der Waals surface area contributed by atoms with Gasteiger partial charge in [0.15, 0.2) is 5.69 Å². The molecule has 1 aromatic heterocycles. The molecule has 0 bridgehead atoms. The van der Waals surface area contributed by atoms with Crippen molar-refractivity contribution in [3.63, 3.8) is 0 Å². The summed E-state index contributed by atoms with van der Waals surface area (Å²) in [6, 6.07) is 14.0. The fourth-order valence-corrected chi connectivity index (χ4v) is 4.41. The first-order valence-corrected chi connectivity index (χ1v) is 10.9. The van der Waals surface area contributed by atoms with Crippen molar-refractivity contribution >= 4 is 5.97 Å². The van der Waals surface area contributed by atoms with E-state index >= 15 is 0 Å². The lowest BCUT2D eigenvalue weighted by molar-refractivity contribution is -0.282. The molecule has 1 aliphatic carbocycles. The lowest BCUT2D eigenvalue weighted by Gasteiger charge is -2.37. The number of benzene rings is 2. The lowest BCUT2D eigenvalue weighted by atomic mass is 9.69. The zero-order chi connectivity index (χ0) is 24.7. The number of hydrogen-bond donors (Lipinski definition) is 1. The average Bonchev–Trinajstić information content (AvgIpc) is 3.18. The average molecular weight is 474 g/mol. The fourth-order valence-electron chi connectivity index (χ4n) is 4.41. The van der Waals surface area contributed by atoms with Gasteiger partial charge in [0.05, 0.1) is 16.9 Å². The van der Waals surface area contributed by atoms with Gasteiger partial charge in [-0.15, -0.1) is 0 Å². The summed E-state index contributed by atoms with van der Waals surface area (Å²) in [7, 11) is 0. The number of rotatable bonds is 4. The molecule has 0 aliphatic heterocycles. The minimum absolute atomic E-state index is 0.0235. The summed E-state index contributed by atoms with van der Waals surface area (Å²) in [5.74, 6) is -1.33. The largest absolute Gasteiger partial charge is 0.508 e. The molecule has 0 spiro atoms. The molecule has 2 aromatic carbocycles. The van der Waals surface area contributed by atoms with Crippen molar-refractivity contribution < 1.29 is 32.8 Å². The van der Waals surface area contributed by atoms with Gasteiger partial charge in [-0.05, 0) is 48.4 Å². The number of phenols is 1. The second-order valence-electron chi connectivity index (χ2n) is 9.39. The first kappa shape index (κ1) is 23.8. The van der Waals surface area contributed by atoms with Crippen molar-refractivity contribution in [2.24, 2.45) is 5.41 Å². The van der Waals surface area contributed by atoms with Crippen LogP contribution in [0.15, 0.2) is 54.6 Å². The Hall–Kier alpha value is -3.33. The van der Waals surface area contributed by atoms with E-state index in [1.807, 2.05) is 20.8 Å². The standard InChI is InChI=1S/C25H25F3N2O4/c1-24(2,3)18-12-13-19(33-34-23(32)15-8-5-4-6-9-15)21-20(18)22(25(26,27)28)29-30(21)16-10-7-11-17(31)14-16/h4-11,14,18-19,31H,12-13H2,1-3H3. The fraction of sp³-hybridized carbons (Fsp3) is 0.360. The molecule has 0 fully saturated rings. The number of aromatic hydroxyl groups is 1. The molecule has 2 atom stereocenters. The van der Waals surface area contributed by atoms with E-state index < -0.39 is 35.3 Å². The Morgan fingerprint density at radius 2 is 1.76 bits per heavy atom. The highest BCUT2D eigenvalue weighted by molar-refractivity contribution is 5.88. The molecule has 0 saturated heterocycles. The minimum atomic E-state index is -4.71. The number of phenolic OH excluding ortho intramolecular Hbond substituents is 1. The maximum atomic E-state index is 14.2. The molecular weight excluding hydrogens is 449 g/mol. The summed E-state index contributed by atoms with van der Waals surface area (Å²) in [6.07, 6.45) is -4.98. The molecule has 1 aliphatic rings. The van der Waals surface area contributed by atoms with Gasteiger partial charge < -0.3 is 5.11 Å². The van der Waals surface area contributed by atoms with E-state index in [0.717, 1.165) is 4.68 Å². The van der Waals surface area contributed by atoms with Crippen LogP contribution in [0.4, 0.5) is 13.2 Å². The molecule has 34 heavy (non-hydrogen) atoms. The Kier molecular flexibility index (Phi) is 6.16. The molecular formula is C25H25F3N2O4. The number of alkyl halides is 3. The van der Waals surface area contributed by atoms with Crippen LogP contribution in [-0.4, -0.2) is 20.9 Å². The SMILES string of the molecule is CC(C)(C)C1CCC(OOC(=O)c2ccccc2)c2c1c(C(F)(F)F)nn2-c1cccc(O)c1. The number of aromatic nitrogens is 2. The normalized spacial score (nSPS) is 18.4. The van der Waals surface area contributed by atoms with Gasteiger partial charge in [-0.1, -0.05) is 45.0 Å². The van der Waals surface area contributed by atoms with Crippen molar-refractivity contribution in [2.75, 3.05) is 0 Å². The molecule has 0 saturated carbocycles. The highest BCUT2D eigenvalue weighted by Gasteiger charge is 2.48. The Morgan fingerprint density at radius 1 is 1.06 bits per heavy atom. The zero-order valence-electron chi connectivity index (χ0n) is 19.0. The van der Waals surface area contributed by atoms with Crippen LogP contribution < -0.4 is 0 Å². The molecule has 3 aromatic rings. The number of carbonyl (C=O) groups is 1. The summed E-state index contributed by atoms with van der Waals surface area (Å²) in [4.78, 5) is 22.9. The molecule has 4 rings (SSSR count). The van der Waals surface area contributed by atoms with Gasteiger partial charge in [0.2, 0.25) is 0 Å². The van der Waals surface area contributed by atoms with E-state index in [4.69, 9.17) is 9.78 Å². The number of carbonyl (C=O) groups excluding carboxylic acids is 1. The van der Waals surface area contributed by atoms with Gasteiger partial charge in [-0.25, -0.2) is 9.48 Å². The van der Waals surface area contributed by atoms with Crippen LogP contribution in [0.2, 0.25) is 0 Å². The Balaban J connectivity index is 1.82. The van der Waals surface area contributed by atoms with E-state index in [1.54, 1.807) is 36.4 Å². The molecule has 1 heterocycles. The van der Waals surface area contributed by atoms with E-state index in [2.05, 4.69) is 5.10 Å². The molecule has 2 unspecified atom stereocenters. The minimum Gasteiger partial charge on any atom is -0.508 e. The third-order valence-corrected chi connectivity index (χ3v) is 5.97. The summed E-state index contributed by atoms with van der Waals surface area (Å²) in [5.41, 5.74) is -0.825. The summed E-state index contributed by atoms with van der Waals surface area (Å²) >= 11 is 0. The van der Waals surface area contributed by atoms with Gasteiger partial charge in [-0.3, -0.25) is 4.89 Å². The van der Waals surface area contributed by atoms with E-state index in [0.29, 0.717) is 12.8 Å². The molecule has 0 radical (unpaired) electrons. The number of fused-ring (bicyclic) bond motifs is 1. The van der Waals surface area contributed by atoms with Crippen molar-refractivity contribution in [2.45, 2.75) is 51.8 Å². The molecule has 0 amide bonds. The van der Waals surface area contributed by atoms with Crippen LogP contribution in [0.25, 0.3) is 5.69 Å². The smallest absolute Gasteiger partial charge is 0.435 e. The maximum Gasteiger partial charge on any atom is 0.435 e. The first-order valence-electron chi connectivity index (χ1n) is 10.9. The second kappa shape index (κ2) is 8.79. The molecule has 180 valence electrons. The predicted molar refractivity (Wildman–Crippen MR) is 117 cm³/mol. The van der Waals surface area contributed by atoms with Gasteiger partial charge in [0.25, 0.3) is 0 Å². The highest BCUT2D eigenvalue weighted by atomic mass is 19.4. The van der Waals surface area contributed by atoms with E-state index in [1.165, 1.54) is 18.2 Å². The Labute approximate surface area is 194 Å². The second-order valence-corrected chi connectivity index (χ2v) is 9.39. The third kappa shape index (κ3) is 4.65. The van der Waals surface area contributed by atoms with E-state index in [9.17, 15) is 23.1 Å². The highest BCUT2D eigenvalue weighted by Crippen LogP contribution is 2.52. The van der Waals surface area contributed by atoms with Gasteiger partial charge in [-0.2, -0.15) is 23.2 Å². The lowest BCUT2D eigenvalue weighted by Crippen LogP contribution is -2.28. The Bertz CT molecular complexity index is 1180. The number of halogens is 3. The number of hydrogen-bond acceptors (Lipinski definition) is 5. The maximum absolute atomic E-state index is 14.2. The topological polar surface area (TPSA) is 73.6 Å². The van der Waals surface area contributed by atoms with Gasteiger partial charge in [0, 0.05) is 11.6 Å². The van der Waals surface area contributed by atoms with Crippen molar-refractivity contribution in [1.82, 2.24) is 9.78 Å². The van der Waals surface area contributed by atoms with Crippen LogP contribution >= 0.6 is 0 Å². The quantitative estimate of drug-likeness (QED) is 0.352. The predicted octanol–water partition coefficient (Wildman–Crippen LogP) is 6.35. The van der Waals surface area contributed by atoms with Crippen LogP contribution in [0.5, 0.6) is 5.75 Å². The Morgan fingerprint density at radius 3 is 2.38 bits per heavy atom. The third-order valence-electron chi connectivity index (χ3n) is 5.97. The van der Waals surface area contributed by atoms with Crippen LogP contribution in [-0.2, 0) is 16.0 Å². The molecule has 6 nitrogen and oxygen atoms in total. The van der Waals surface area contributed by atoms with Crippen molar-refractivity contribution in [3.8, 4) is 11.4 Å². The molecule has 1 N–H and O–H groups in total. The van der Waals surface area contributed by atoms with Crippen LogP contribution in [0, 0.1) is 5.41 Å². The van der Waals surface area contributed by atoms with Crippen molar-refractivity contribution in [3.05, 3.63) is 77.1 Å². The van der Waals surface area contributed by atoms with Crippen molar-refractivity contribution in [1.29, 1.82) is 0 Å². The van der Waals surface area contributed by atoms with Crippen LogP contribution in [0.1, 0.15) is 72.9 Å². The van der Waals surface area contributed by atoms with E-state index in [-0.39, 0.29) is 28.3 Å². The zero-order valence-corrected chi connectivity index (χ0v) is 19.0. The van der Waals surface area contributed by atoms with Gasteiger partial charge in [0.1, 0.15) is 11.9 Å². The number of nitrogens with zero attached hydrogens (tertiary/aromatic N) is 2. The first-order chi connectivity index (χ1) is 16.0. The summed E-state index contributed by atoms with van der Waals surface area (Å²) in [5, 5.41) is 13.9. The van der Waals surface area contributed by atoms with Crippen LogP contribution in [0.3, 0.4) is 0 Å². The van der Waals surface area contributed by atoms with Gasteiger partial charge >= 0.3 is 12.1 Å².